The highest BCUT2D eigenvalue weighted by Crippen LogP contribution is 2.28. The van der Waals surface area contributed by atoms with E-state index in [4.69, 9.17) is 8.83 Å². The van der Waals surface area contributed by atoms with E-state index in [-0.39, 0.29) is 11.7 Å². The number of amides is 1. The van der Waals surface area contributed by atoms with Crippen molar-refractivity contribution in [2.45, 2.75) is 13.8 Å². The average molecular weight is 534 g/mol. The summed E-state index contributed by atoms with van der Waals surface area (Å²) in [4.78, 5) is 17.3. The summed E-state index contributed by atoms with van der Waals surface area (Å²) in [5.74, 6) is 1.14. The molecule has 158 valence electrons. The number of rotatable bonds is 4. The molecule has 5 aromatic rings. The summed E-state index contributed by atoms with van der Waals surface area (Å²) in [6.07, 6.45) is 0. The number of aryl methyl sites for hydroxylation is 2. The second kappa shape index (κ2) is 8.27. The molecule has 0 saturated heterocycles. The fraction of sp³-hybridized carbons (Fsp3) is 0.0769. The highest BCUT2D eigenvalue weighted by molar-refractivity contribution is 14.1. The number of aromatic nitrogens is 1. The Balaban J connectivity index is 1.37. The van der Waals surface area contributed by atoms with Crippen molar-refractivity contribution in [3.8, 4) is 22.8 Å². The minimum absolute atomic E-state index is 0.248. The normalized spacial score (nSPS) is 11.1. The lowest BCUT2D eigenvalue weighted by Gasteiger charge is -2.04. The maximum atomic E-state index is 12.7. The Morgan fingerprint density at radius 2 is 1.75 bits per heavy atom. The number of oxazole rings is 1. The van der Waals surface area contributed by atoms with Crippen molar-refractivity contribution in [2.75, 3.05) is 5.32 Å². The standard InChI is InChI=1S/C26H19IN2O3/c1-15-6-7-17(12-16(15)2)22-10-11-24(31-22)25(30)28-20-8-9-23-21(14-20)29-26(32-23)18-4-3-5-19(27)13-18/h3-14H,1-2H3,(H,28,30). The van der Waals surface area contributed by atoms with Crippen LogP contribution in [0, 0.1) is 17.4 Å². The quantitative estimate of drug-likeness (QED) is 0.247. The van der Waals surface area contributed by atoms with E-state index < -0.39 is 0 Å². The molecule has 5 nitrogen and oxygen atoms in total. The van der Waals surface area contributed by atoms with Crippen LogP contribution in [0.1, 0.15) is 21.7 Å². The van der Waals surface area contributed by atoms with Gasteiger partial charge >= 0.3 is 0 Å². The third-order valence-corrected chi connectivity index (χ3v) is 6.01. The van der Waals surface area contributed by atoms with Crippen molar-refractivity contribution in [2.24, 2.45) is 0 Å². The molecule has 2 aromatic heterocycles. The molecule has 0 aliphatic heterocycles. The lowest BCUT2D eigenvalue weighted by atomic mass is 10.1. The van der Waals surface area contributed by atoms with Crippen molar-refractivity contribution in [1.82, 2.24) is 4.98 Å². The van der Waals surface area contributed by atoms with Crippen LogP contribution in [-0.2, 0) is 0 Å². The van der Waals surface area contributed by atoms with Crippen molar-refractivity contribution in [1.29, 1.82) is 0 Å². The molecular weight excluding hydrogens is 515 g/mol. The van der Waals surface area contributed by atoms with Gasteiger partial charge in [-0.2, -0.15) is 0 Å². The van der Waals surface area contributed by atoms with E-state index in [9.17, 15) is 4.79 Å². The summed E-state index contributed by atoms with van der Waals surface area (Å²) in [5.41, 5.74) is 6.20. The van der Waals surface area contributed by atoms with Crippen molar-refractivity contribution in [3.63, 3.8) is 0 Å². The smallest absolute Gasteiger partial charge is 0.291 e. The summed E-state index contributed by atoms with van der Waals surface area (Å²) in [7, 11) is 0. The SMILES string of the molecule is Cc1ccc(-c2ccc(C(=O)Nc3ccc4oc(-c5cccc(I)c5)nc4c3)o2)cc1C. The van der Waals surface area contributed by atoms with Gasteiger partial charge in [-0.25, -0.2) is 4.98 Å². The van der Waals surface area contributed by atoms with Gasteiger partial charge in [0.05, 0.1) is 0 Å². The first-order valence-electron chi connectivity index (χ1n) is 10.1. The molecule has 32 heavy (non-hydrogen) atoms. The van der Waals surface area contributed by atoms with Gasteiger partial charge in [-0.3, -0.25) is 4.79 Å². The number of hydrogen-bond acceptors (Lipinski definition) is 4. The highest BCUT2D eigenvalue weighted by Gasteiger charge is 2.15. The Morgan fingerprint density at radius 1 is 0.875 bits per heavy atom. The molecule has 0 atom stereocenters. The Labute approximate surface area is 198 Å². The Hall–Kier alpha value is -3.39. The number of benzene rings is 3. The van der Waals surface area contributed by atoms with Gasteiger partial charge in [-0.1, -0.05) is 18.2 Å². The van der Waals surface area contributed by atoms with E-state index in [1.807, 2.05) is 42.5 Å². The maximum absolute atomic E-state index is 12.7. The molecule has 6 heteroatoms. The molecule has 0 fully saturated rings. The monoisotopic (exact) mass is 534 g/mol. The fourth-order valence-electron chi connectivity index (χ4n) is 3.45. The van der Waals surface area contributed by atoms with Crippen LogP contribution in [0.3, 0.4) is 0 Å². The number of furan rings is 1. The molecule has 0 aliphatic rings. The first-order chi connectivity index (χ1) is 15.5. The van der Waals surface area contributed by atoms with Crippen LogP contribution < -0.4 is 5.32 Å². The zero-order valence-corrected chi connectivity index (χ0v) is 19.6. The predicted molar refractivity (Wildman–Crippen MR) is 134 cm³/mol. The number of nitrogens with zero attached hydrogens (tertiary/aromatic N) is 1. The van der Waals surface area contributed by atoms with E-state index in [0.717, 1.165) is 14.7 Å². The summed E-state index contributed by atoms with van der Waals surface area (Å²) >= 11 is 2.26. The van der Waals surface area contributed by atoms with Gasteiger partial charge in [0.25, 0.3) is 5.91 Å². The third kappa shape index (κ3) is 4.05. The van der Waals surface area contributed by atoms with Crippen molar-refractivity contribution in [3.05, 3.63) is 93.3 Å². The molecule has 0 unspecified atom stereocenters. The van der Waals surface area contributed by atoms with Crippen LogP contribution in [0.5, 0.6) is 0 Å². The second-order valence-corrected chi connectivity index (χ2v) is 8.87. The lowest BCUT2D eigenvalue weighted by molar-refractivity contribution is 0.0997. The lowest BCUT2D eigenvalue weighted by Crippen LogP contribution is -2.10. The number of fused-ring (bicyclic) bond motifs is 1. The van der Waals surface area contributed by atoms with E-state index >= 15 is 0 Å². The van der Waals surface area contributed by atoms with E-state index in [2.05, 4.69) is 52.8 Å². The Bertz CT molecular complexity index is 1470. The highest BCUT2D eigenvalue weighted by atomic mass is 127. The summed E-state index contributed by atoms with van der Waals surface area (Å²) in [6.45, 7) is 4.12. The zero-order chi connectivity index (χ0) is 22.2. The molecule has 0 saturated carbocycles. The third-order valence-electron chi connectivity index (χ3n) is 5.34. The van der Waals surface area contributed by atoms with Gasteiger partial charge in [0.1, 0.15) is 11.3 Å². The molecule has 1 N–H and O–H groups in total. The van der Waals surface area contributed by atoms with Crippen molar-refractivity contribution >= 4 is 45.3 Å². The number of anilines is 1. The van der Waals surface area contributed by atoms with E-state index in [0.29, 0.717) is 28.4 Å². The van der Waals surface area contributed by atoms with Crippen LogP contribution in [-0.4, -0.2) is 10.9 Å². The molecule has 0 radical (unpaired) electrons. The van der Waals surface area contributed by atoms with E-state index in [1.54, 1.807) is 24.3 Å². The largest absolute Gasteiger partial charge is 0.451 e. The van der Waals surface area contributed by atoms with Crippen LogP contribution in [0.4, 0.5) is 5.69 Å². The first kappa shape index (κ1) is 20.5. The van der Waals surface area contributed by atoms with Gasteiger partial charge in [0.15, 0.2) is 11.3 Å². The number of carbonyl (C=O) groups is 1. The van der Waals surface area contributed by atoms with E-state index in [1.165, 1.54) is 11.1 Å². The first-order valence-corrected chi connectivity index (χ1v) is 11.2. The number of hydrogen-bond donors (Lipinski definition) is 1. The van der Waals surface area contributed by atoms with Gasteiger partial charge < -0.3 is 14.2 Å². The van der Waals surface area contributed by atoms with Crippen LogP contribution >= 0.6 is 22.6 Å². The number of nitrogens with one attached hydrogen (secondary N) is 1. The number of halogens is 1. The molecule has 0 spiro atoms. The molecule has 0 bridgehead atoms. The summed E-state index contributed by atoms with van der Waals surface area (Å²) in [5, 5.41) is 2.88. The second-order valence-electron chi connectivity index (χ2n) is 7.63. The molecule has 0 aliphatic carbocycles. The Morgan fingerprint density at radius 3 is 2.56 bits per heavy atom. The zero-order valence-electron chi connectivity index (χ0n) is 17.5. The molecule has 5 rings (SSSR count). The molecule has 3 aromatic carbocycles. The maximum Gasteiger partial charge on any atom is 0.291 e. The molecule has 1 amide bonds. The summed E-state index contributed by atoms with van der Waals surface area (Å²) < 4.78 is 12.8. The van der Waals surface area contributed by atoms with Crippen LogP contribution in [0.15, 0.2) is 81.6 Å². The molecular formula is C26H19IN2O3. The van der Waals surface area contributed by atoms with Gasteiger partial charge in [-0.05, 0) is 102 Å². The fourth-order valence-corrected chi connectivity index (χ4v) is 4.00. The predicted octanol–water partition coefficient (Wildman–Crippen LogP) is 7.23. The molecule has 2 heterocycles. The minimum atomic E-state index is -0.319. The minimum Gasteiger partial charge on any atom is -0.451 e. The van der Waals surface area contributed by atoms with Crippen molar-refractivity contribution < 1.29 is 13.6 Å². The average Bonchev–Trinajstić information content (AvgIpc) is 3.43. The number of carbonyl (C=O) groups excluding carboxylic acids is 1. The van der Waals surface area contributed by atoms with Crippen LogP contribution in [0.25, 0.3) is 33.9 Å². The Kier molecular flexibility index (Phi) is 5.30. The van der Waals surface area contributed by atoms with Gasteiger partial charge in [0.2, 0.25) is 5.89 Å². The van der Waals surface area contributed by atoms with Gasteiger partial charge in [0, 0.05) is 20.4 Å². The topological polar surface area (TPSA) is 68.3 Å². The van der Waals surface area contributed by atoms with Gasteiger partial charge in [-0.15, -0.1) is 0 Å². The summed E-state index contributed by atoms with van der Waals surface area (Å²) in [6, 6.07) is 22.9. The van der Waals surface area contributed by atoms with Crippen LogP contribution in [0.2, 0.25) is 0 Å².